The van der Waals surface area contributed by atoms with Gasteiger partial charge >= 0.3 is 5.97 Å². The molecule has 0 unspecified atom stereocenters. The molecular weight excluding hydrogens is 320 g/mol. The lowest BCUT2D eigenvalue weighted by Crippen LogP contribution is -2.55. The Bertz CT molecular complexity index is 792. The Balaban J connectivity index is 1.34. The summed E-state index contributed by atoms with van der Waals surface area (Å²) in [6.07, 6.45) is 7.43. The molecule has 25 heavy (non-hydrogen) atoms. The van der Waals surface area contributed by atoms with Gasteiger partial charge in [-0.1, -0.05) is 6.07 Å². The molecular formula is C18H22N4O3. The van der Waals surface area contributed by atoms with E-state index in [1.807, 2.05) is 24.4 Å². The van der Waals surface area contributed by atoms with E-state index in [0.717, 1.165) is 24.9 Å². The topological polar surface area (TPSA) is 86.9 Å². The largest absolute Gasteiger partial charge is 0.480 e. The zero-order valence-corrected chi connectivity index (χ0v) is 14.0. The Morgan fingerprint density at radius 1 is 1.32 bits per heavy atom. The van der Waals surface area contributed by atoms with Crippen molar-refractivity contribution in [1.29, 1.82) is 0 Å². The summed E-state index contributed by atoms with van der Waals surface area (Å²) >= 11 is 0. The highest BCUT2D eigenvalue weighted by Crippen LogP contribution is 2.33. The number of pyridine rings is 1. The van der Waals surface area contributed by atoms with Gasteiger partial charge in [-0.2, -0.15) is 5.10 Å². The summed E-state index contributed by atoms with van der Waals surface area (Å²) in [4.78, 5) is 25.6. The predicted molar refractivity (Wildman–Crippen MR) is 91.4 cm³/mol. The van der Waals surface area contributed by atoms with E-state index in [9.17, 15) is 9.59 Å². The third-order valence-corrected chi connectivity index (χ3v) is 5.16. The first-order valence-electron chi connectivity index (χ1n) is 8.79. The average Bonchev–Trinajstić information content (AvgIpc) is 3.24. The third-order valence-electron chi connectivity index (χ3n) is 5.16. The Morgan fingerprint density at radius 2 is 2.12 bits per heavy atom. The Labute approximate surface area is 145 Å². The maximum Gasteiger partial charge on any atom is 0.317 e. The Kier molecular flexibility index (Phi) is 4.17. The maximum atomic E-state index is 12.5. The van der Waals surface area contributed by atoms with E-state index in [2.05, 4.69) is 15.3 Å². The second kappa shape index (κ2) is 6.48. The molecule has 2 saturated carbocycles. The van der Waals surface area contributed by atoms with Crippen molar-refractivity contribution in [1.82, 2.24) is 19.8 Å². The van der Waals surface area contributed by atoms with E-state index in [1.165, 1.54) is 12.8 Å². The van der Waals surface area contributed by atoms with Crippen LogP contribution in [0.25, 0.3) is 5.52 Å². The predicted octanol–water partition coefficient (Wildman–Crippen LogP) is 1.39. The summed E-state index contributed by atoms with van der Waals surface area (Å²) < 4.78 is 1.68. The first kappa shape index (κ1) is 16.1. The van der Waals surface area contributed by atoms with Gasteiger partial charge in [-0.05, 0) is 43.7 Å². The number of hydrogen-bond donors (Lipinski definition) is 2. The van der Waals surface area contributed by atoms with E-state index in [0.29, 0.717) is 11.5 Å². The molecule has 7 nitrogen and oxygen atoms in total. The molecule has 4 rings (SSSR count). The van der Waals surface area contributed by atoms with Crippen LogP contribution in [0.1, 0.15) is 36.0 Å². The van der Waals surface area contributed by atoms with Crippen molar-refractivity contribution in [3.63, 3.8) is 0 Å². The Morgan fingerprint density at radius 3 is 2.84 bits per heavy atom. The smallest absolute Gasteiger partial charge is 0.317 e. The molecule has 0 aromatic carbocycles. The van der Waals surface area contributed by atoms with Gasteiger partial charge in [-0.15, -0.1) is 0 Å². The van der Waals surface area contributed by atoms with Crippen LogP contribution >= 0.6 is 0 Å². The van der Waals surface area contributed by atoms with Crippen LogP contribution in [0.15, 0.2) is 30.6 Å². The zero-order chi connectivity index (χ0) is 17.4. The van der Waals surface area contributed by atoms with Crippen molar-refractivity contribution >= 4 is 17.4 Å². The summed E-state index contributed by atoms with van der Waals surface area (Å²) in [6.45, 7) is 0.960. The van der Waals surface area contributed by atoms with E-state index >= 15 is 0 Å². The average molecular weight is 342 g/mol. The van der Waals surface area contributed by atoms with Crippen LogP contribution in [-0.2, 0) is 4.79 Å². The lowest BCUT2D eigenvalue weighted by Gasteiger charge is -2.42. The molecule has 2 aliphatic rings. The second-order valence-corrected chi connectivity index (χ2v) is 7.15. The molecule has 1 amide bonds. The summed E-state index contributed by atoms with van der Waals surface area (Å²) in [7, 11) is 0. The van der Waals surface area contributed by atoms with Gasteiger partial charge in [0.25, 0.3) is 5.91 Å². The standard InChI is InChI=1S/C18H22N4O3/c23-17(24)11-21(10-12-4-5-12)14-7-13(8-14)20-18(25)15-9-19-22-6-2-1-3-16(15)22/h1-3,6,9,12-14H,4-5,7-8,10-11H2,(H,20,25)(H,23,24). The van der Waals surface area contributed by atoms with Crippen molar-refractivity contribution < 1.29 is 14.7 Å². The van der Waals surface area contributed by atoms with Crippen molar-refractivity contribution in [2.45, 2.75) is 37.8 Å². The number of hydrogen-bond acceptors (Lipinski definition) is 4. The molecule has 2 heterocycles. The van der Waals surface area contributed by atoms with Gasteiger partial charge in [0.05, 0.1) is 23.8 Å². The van der Waals surface area contributed by atoms with Crippen LogP contribution in [0.2, 0.25) is 0 Å². The van der Waals surface area contributed by atoms with Crippen LogP contribution in [0.5, 0.6) is 0 Å². The molecule has 0 aliphatic heterocycles. The molecule has 132 valence electrons. The highest BCUT2D eigenvalue weighted by atomic mass is 16.4. The number of carboxylic acids is 1. The fourth-order valence-electron chi connectivity index (χ4n) is 3.52. The molecule has 2 N–H and O–H groups in total. The molecule has 0 spiro atoms. The lowest BCUT2D eigenvalue weighted by molar-refractivity contribution is -0.139. The van der Waals surface area contributed by atoms with Crippen molar-refractivity contribution in [3.05, 3.63) is 36.2 Å². The monoisotopic (exact) mass is 342 g/mol. The number of amides is 1. The molecule has 2 aromatic rings. The van der Waals surface area contributed by atoms with Crippen LogP contribution in [0.3, 0.4) is 0 Å². The van der Waals surface area contributed by atoms with Crippen LogP contribution in [0.4, 0.5) is 0 Å². The minimum Gasteiger partial charge on any atom is -0.480 e. The number of nitrogens with one attached hydrogen (secondary N) is 1. The molecule has 2 aliphatic carbocycles. The number of aromatic nitrogens is 2. The van der Waals surface area contributed by atoms with Gasteiger partial charge in [0, 0.05) is 24.8 Å². The van der Waals surface area contributed by atoms with Crippen LogP contribution in [0, 0.1) is 5.92 Å². The number of fused-ring (bicyclic) bond motifs is 1. The second-order valence-electron chi connectivity index (χ2n) is 7.15. The van der Waals surface area contributed by atoms with Gasteiger partial charge in [0.1, 0.15) is 0 Å². The number of carbonyl (C=O) groups is 2. The highest BCUT2D eigenvalue weighted by molar-refractivity contribution is 6.00. The van der Waals surface area contributed by atoms with Gasteiger partial charge in [0.15, 0.2) is 0 Å². The number of rotatable bonds is 7. The molecule has 0 saturated heterocycles. The molecule has 0 radical (unpaired) electrons. The zero-order valence-electron chi connectivity index (χ0n) is 14.0. The first-order chi connectivity index (χ1) is 12.1. The van der Waals surface area contributed by atoms with Gasteiger partial charge < -0.3 is 10.4 Å². The summed E-state index contributed by atoms with van der Waals surface area (Å²) in [6, 6.07) is 5.98. The molecule has 2 aromatic heterocycles. The van der Waals surface area contributed by atoms with Crippen molar-refractivity contribution in [3.8, 4) is 0 Å². The van der Waals surface area contributed by atoms with Gasteiger partial charge in [-0.25, -0.2) is 4.52 Å². The van der Waals surface area contributed by atoms with Crippen molar-refractivity contribution in [2.24, 2.45) is 5.92 Å². The summed E-state index contributed by atoms with van der Waals surface area (Å²) in [5.41, 5.74) is 1.36. The number of aliphatic carboxylic acids is 1. The lowest BCUT2D eigenvalue weighted by atomic mass is 9.85. The SMILES string of the molecule is O=C(O)CN(CC1CC1)C1CC(NC(=O)c2cnn3ccccc23)C1. The highest BCUT2D eigenvalue weighted by Gasteiger charge is 2.38. The summed E-state index contributed by atoms with van der Waals surface area (Å²) in [5.74, 6) is -0.233. The van der Waals surface area contributed by atoms with E-state index in [-0.39, 0.29) is 24.5 Å². The maximum absolute atomic E-state index is 12.5. The molecule has 2 fully saturated rings. The third kappa shape index (κ3) is 3.51. The Hall–Kier alpha value is -2.41. The van der Waals surface area contributed by atoms with Gasteiger partial charge in [-0.3, -0.25) is 14.5 Å². The van der Waals surface area contributed by atoms with Crippen LogP contribution in [-0.4, -0.2) is 56.7 Å². The number of carboxylic acid groups (broad SMARTS) is 1. The molecule has 7 heteroatoms. The van der Waals surface area contributed by atoms with E-state index in [4.69, 9.17) is 5.11 Å². The number of nitrogens with zero attached hydrogens (tertiary/aromatic N) is 3. The normalized spacial score (nSPS) is 22.8. The molecule has 0 bridgehead atoms. The summed E-state index contributed by atoms with van der Waals surface area (Å²) in [5, 5.41) is 16.3. The van der Waals surface area contributed by atoms with Gasteiger partial charge in [0.2, 0.25) is 0 Å². The fourth-order valence-corrected chi connectivity index (χ4v) is 3.52. The van der Waals surface area contributed by atoms with Crippen molar-refractivity contribution in [2.75, 3.05) is 13.1 Å². The first-order valence-corrected chi connectivity index (χ1v) is 8.79. The molecule has 0 atom stereocenters. The quantitative estimate of drug-likeness (QED) is 0.794. The number of carbonyl (C=O) groups excluding carboxylic acids is 1. The van der Waals surface area contributed by atoms with Crippen LogP contribution < -0.4 is 5.32 Å². The van der Waals surface area contributed by atoms with E-state index < -0.39 is 5.97 Å². The minimum atomic E-state index is -0.778. The minimum absolute atomic E-state index is 0.0931. The van der Waals surface area contributed by atoms with E-state index in [1.54, 1.807) is 10.7 Å². The fraction of sp³-hybridized carbons (Fsp3) is 0.500.